The molecule has 1 aromatic heterocycles. The molecule has 108 valence electrons. The Morgan fingerprint density at radius 1 is 1.33 bits per heavy atom. The Hall–Kier alpha value is -2.20. The fourth-order valence-corrected chi connectivity index (χ4v) is 2.00. The zero-order chi connectivity index (χ0) is 15.2. The molecule has 1 N–H and O–H groups in total. The number of benzene rings is 1. The smallest absolute Gasteiger partial charge is 0.387 e. The van der Waals surface area contributed by atoms with Gasteiger partial charge in [0.1, 0.15) is 11.8 Å². The topological polar surface area (TPSA) is 57.9 Å². The van der Waals surface area contributed by atoms with Gasteiger partial charge in [0.05, 0.1) is 29.7 Å². The molecule has 2 aromatic rings. The second-order valence-electron chi connectivity index (χ2n) is 4.02. The van der Waals surface area contributed by atoms with Crippen LogP contribution in [-0.4, -0.2) is 11.6 Å². The Kier molecular flexibility index (Phi) is 5.06. The molecule has 0 spiro atoms. The summed E-state index contributed by atoms with van der Waals surface area (Å²) >= 11 is 3.29. The van der Waals surface area contributed by atoms with Gasteiger partial charge in [-0.25, -0.2) is 0 Å². The van der Waals surface area contributed by atoms with Crippen LogP contribution in [0.25, 0.3) is 0 Å². The van der Waals surface area contributed by atoms with Crippen LogP contribution in [0.3, 0.4) is 0 Å². The van der Waals surface area contributed by atoms with Gasteiger partial charge in [-0.15, -0.1) is 0 Å². The molecule has 0 bridgehead atoms. The summed E-state index contributed by atoms with van der Waals surface area (Å²) in [6, 6.07) is 10.4. The normalized spacial score (nSPS) is 10.2. The number of anilines is 1. The molecular weight excluding hydrogens is 344 g/mol. The number of nitrogens with one attached hydrogen (secondary N) is 1. The molecule has 0 amide bonds. The van der Waals surface area contributed by atoms with E-state index in [4.69, 9.17) is 5.26 Å². The quantitative estimate of drug-likeness (QED) is 0.884. The van der Waals surface area contributed by atoms with Gasteiger partial charge in [-0.1, -0.05) is 15.9 Å². The lowest BCUT2D eigenvalue weighted by molar-refractivity contribution is -0.0500. The van der Waals surface area contributed by atoms with Crippen molar-refractivity contribution < 1.29 is 13.5 Å². The molecule has 1 heterocycles. The van der Waals surface area contributed by atoms with E-state index in [-0.39, 0.29) is 5.75 Å². The molecule has 0 saturated heterocycles. The maximum Gasteiger partial charge on any atom is 0.387 e. The number of aromatic nitrogens is 1. The van der Waals surface area contributed by atoms with Gasteiger partial charge in [0.25, 0.3) is 0 Å². The summed E-state index contributed by atoms with van der Waals surface area (Å²) in [4.78, 5) is 4.01. The summed E-state index contributed by atoms with van der Waals surface area (Å²) in [5.41, 5.74) is 1.82. The lowest BCUT2D eigenvalue weighted by Gasteiger charge is -2.09. The monoisotopic (exact) mass is 353 g/mol. The maximum atomic E-state index is 12.0. The first-order valence-corrected chi connectivity index (χ1v) is 6.71. The summed E-state index contributed by atoms with van der Waals surface area (Å²) in [6.45, 7) is -2.50. The highest BCUT2D eigenvalue weighted by Crippen LogP contribution is 2.21. The van der Waals surface area contributed by atoms with Crippen LogP contribution < -0.4 is 10.1 Å². The second kappa shape index (κ2) is 6.99. The minimum absolute atomic E-state index is 0.00936. The highest BCUT2D eigenvalue weighted by atomic mass is 79.9. The van der Waals surface area contributed by atoms with Gasteiger partial charge in [0, 0.05) is 4.47 Å². The zero-order valence-electron chi connectivity index (χ0n) is 10.7. The van der Waals surface area contributed by atoms with E-state index in [1.807, 2.05) is 6.07 Å². The van der Waals surface area contributed by atoms with Gasteiger partial charge in [0.2, 0.25) is 0 Å². The number of ether oxygens (including phenoxy) is 1. The fourth-order valence-electron chi connectivity index (χ4n) is 1.64. The SMILES string of the molecule is N#Cc1cc(Br)ccc1NCc1ccc(OC(F)F)cn1. The molecule has 1 aromatic carbocycles. The first-order chi connectivity index (χ1) is 10.1. The van der Waals surface area contributed by atoms with Crippen molar-refractivity contribution in [3.05, 3.63) is 52.3 Å². The zero-order valence-corrected chi connectivity index (χ0v) is 12.3. The number of halogens is 3. The molecule has 0 aliphatic rings. The standard InChI is InChI=1S/C14H10BrF2N3O/c15-10-1-4-13(9(5-10)6-18)20-7-11-2-3-12(8-19-11)21-14(16)17/h1-5,8,14,20H,7H2. The second-order valence-corrected chi connectivity index (χ2v) is 4.93. The molecule has 0 aliphatic carbocycles. The number of alkyl halides is 2. The van der Waals surface area contributed by atoms with Crippen molar-refractivity contribution in [3.8, 4) is 11.8 Å². The van der Waals surface area contributed by atoms with Gasteiger partial charge in [-0.05, 0) is 30.3 Å². The molecule has 0 atom stereocenters. The van der Waals surface area contributed by atoms with E-state index >= 15 is 0 Å². The Labute approximate surface area is 128 Å². The minimum Gasteiger partial charge on any atom is -0.433 e. The molecular formula is C14H10BrF2N3O. The van der Waals surface area contributed by atoms with Crippen LogP contribution in [0.15, 0.2) is 41.0 Å². The third-order valence-electron chi connectivity index (χ3n) is 2.58. The highest BCUT2D eigenvalue weighted by Gasteiger charge is 2.06. The van der Waals surface area contributed by atoms with Gasteiger partial charge in [-0.3, -0.25) is 4.98 Å². The number of nitriles is 1. The maximum absolute atomic E-state index is 12.0. The third-order valence-corrected chi connectivity index (χ3v) is 3.08. The highest BCUT2D eigenvalue weighted by molar-refractivity contribution is 9.10. The van der Waals surface area contributed by atoms with Crippen LogP contribution in [0, 0.1) is 11.3 Å². The summed E-state index contributed by atoms with van der Waals surface area (Å²) in [7, 11) is 0. The summed E-state index contributed by atoms with van der Waals surface area (Å²) in [5, 5.41) is 12.1. The molecule has 0 saturated carbocycles. The number of hydrogen-bond acceptors (Lipinski definition) is 4. The van der Waals surface area contributed by atoms with Crippen molar-refractivity contribution in [1.82, 2.24) is 4.98 Å². The molecule has 0 unspecified atom stereocenters. The summed E-state index contributed by atoms with van der Waals surface area (Å²) in [6.07, 6.45) is 1.23. The van der Waals surface area contributed by atoms with E-state index in [9.17, 15) is 8.78 Å². The average molecular weight is 354 g/mol. The van der Waals surface area contributed by atoms with E-state index in [2.05, 4.69) is 37.0 Å². The minimum atomic E-state index is -2.86. The van der Waals surface area contributed by atoms with Gasteiger partial charge in [-0.2, -0.15) is 14.0 Å². The number of rotatable bonds is 5. The molecule has 0 fully saturated rings. The van der Waals surface area contributed by atoms with Crippen LogP contribution in [0.5, 0.6) is 5.75 Å². The third kappa shape index (κ3) is 4.39. The van der Waals surface area contributed by atoms with E-state index < -0.39 is 6.61 Å². The van der Waals surface area contributed by atoms with Crippen LogP contribution >= 0.6 is 15.9 Å². The fraction of sp³-hybridized carbons (Fsp3) is 0.143. The van der Waals surface area contributed by atoms with Crippen molar-refractivity contribution in [2.45, 2.75) is 13.2 Å². The molecule has 4 nitrogen and oxygen atoms in total. The molecule has 7 heteroatoms. The van der Waals surface area contributed by atoms with E-state index in [0.29, 0.717) is 23.5 Å². The van der Waals surface area contributed by atoms with Crippen LogP contribution in [0.1, 0.15) is 11.3 Å². The number of hydrogen-bond donors (Lipinski definition) is 1. The van der Waals surface area contributed by atoms with Crippen molar-refractivity contribution in [2.75, 3.05) is 5.32 Å². The number of pyridine rings is 1. The first-order valence-electron chi connectivity index (χ1n) is 5.92. The Morgan fingerprint density at radius 2 is 2.14 bits per heavy atom. The van der Waals surface area contributed by atoms with Gasteiger partial charge in [0.15, 0.2) is 0 Å². The van der Waals surface area contributed by atoms with E-state index in [0.717, 1.165) is 4.47 Å². The summed E-state index contributed by atoms with van der Waals surface area (Å²) in [5.74, 6) is 0.00936. The number of nitrogens with zero attached hydrogens (tertiary/aromatic N) is 2. The van der Waals surface area contributed by atoms with Crippen molar-refractivity contribution >= 4 is 21.6 Å². The van der Waals surface area contributed by atoms with Gasteiger partial charge >= 0.3 is 6.61 Å². The molecule has 21 heavy (non-hydrogen) atoms. The van der Waals surface area contributed by atoms with Crippen molar-refractivity contribution in [3.63, 3.8) is 0 Å². The lowest BCUT2D eigenvalue weighted by atomic mass is 10.2. The van der Waals surface area contributed by atoms with Gasteiger partial charge < -0.3 is 10.1 Å². The van der Waals surface area contributed by atoms with Crippen molar-refractivity contribution in [2.24, 2.45) is 0 Å². The van der Waals surface area contributed by atoms with Crippen molar-refractivity contribution in [1.29, 1.82) is 5.26 Å². The largest absolute Gasteiger partial charge is 0.433 e. The van der Waals surface area contributed by atoms with E-state index in [1.54, 1.807) is 18.2 Å². The summed E-state index contributed by atoms with van der Waals surface area (Å²) < 4.78 is 29.1. The van der Waals surface area contributed by atoms with E-state index in [1.165, 1.54) is 12.3 Å². The Bertz CT molecular complexity index is 656. The predicted octanol–water partition coefficient (Wildman–Crippen LogP) is 3.93. The van der Waals surface area contributed by atoms with Crippen LogP contribution in [-0.2, 0) is 6.54 Å². The Morgan fingerprint density at radius 3 is 2.76 bits per heavy atom. The lowest BCUT2D eigenvalue weighted by Crippen LogP contribution is -2.05. The average Bonchev–Trinajstić information content (AvgIpc) is 2.46. The predicted molar refractivity (Wildman–Crippen MR) is 77.1 cm³/mol. The molecule has 0 radical (unpaired) electrons. The van der Waals surface area contributed by atoms with Crippen LogP contribution in [0.4, 0.5) is 14.5 Å². The molecule has 0 aliphatic heterocycles. The van der Waals surface area contributed by atoms with Crippen LogP contribution in [0.2, 0.25) is 0 Å². The Balaban J connectivity index is 2.02. The molecule has 2 rings (SSSR count). The first kappa shape index (κ1) is 15.2.